The Kier molecular flexibility index (Phi) is 5.60. The Hall–Kier alpha value is -0.920. The fraction of sp³-hybridized carbons (Fsp3) is 0.600. The molecule has 1 unspecified atom stereocenters. The summed E-state index contributed by atoms with van der Waals surface area (Å²) >= 11 is 3.33. The van der Waals surface area contributed by atoms with Crippen molar-refractivity contribution in [1.29, 1.82) is 0 Å². The molecule has 0 saturated heterocycles. The van der Waals surface area contributed by atoms with E-state index in [1.807, 2.05) is 0 Å². The van der Waals surface area contributed by atoms with Crippen molar-refractivity contribution in [3.63, 3.8) is 0 Å². The molecule has 0 spiro atoms. The van der Waals surface area contributed by atoms with Crippen LogP contribution in [-0.4, -0.2) is 27.7 Å². The van der Waals surface area contributed by atoms with Gasteiger partial charge in [-0.2, -0.15) is 0 Å². The second-order valence-corrected chi connectivity index (χ2v) is 4.99. The molecule has 96 valence electrons. The molecule has 0 radical (unpaired) electrons. The minimum absolute atomic E-state index is 0.397. The van der Waals surface area contributed by atoms with E-state index >= 15 is 0 Å². The molecule has 0 aliphatic rings. The van der Waals surface area contributed by atoms with Crippen LogP contribution in [0.5, 0.6) is 0 Å². The molecule has 5 N–H and O–H groups in total. The minimum Gasteiger partial charge on any atom is -0.391 e. The number of hydrogen-bond donors (Lipinski definition) is 4. The predicted octanol–water partition coefficient (Wildman–Crippen LogP) is 1.34. The highest BCUT2D eigenvalue weighted by molar-refractivity contribution is 9.10. The van der Waals surface area contributed by atoms with Gasteiger partial charge in [-0.25, -0.2) is 15.8 Å². The van der Waals surface area contributed by atoms with Gasteiger partial charge in [0.2, 0.25) is 0 Å². The first-order valence-electron chi connectivity index (χ1n) is 5.43. The number of hydrogen-bond acceptors (Lipinski definition) is 6. The lowest BCUT2D eigenvalue weighted by Crippen LogP contribution is -2.22. The molecule has 0 bridgehead atoms. The van der Waals surface area contributed by atoms with Crippen LogP contribution in [0.25, 0.3) is 0 Å². The van der Waals surface area contributed by atoms with Crippen LogP contribution in [0.4, 0.5) is 11.6 Å². The number of rotatable bonds is 6. The molecule has 1 heterocycles. The zero-order valence-corrected chi connectivity index (χ0v) is 11.5. The Morgan fingerprint density at radius 2 is 2.06 bits per heavy atom. The third-order valence-corrected chi connectivity index (χ3v) is 2.93. The van der Waals surface area contributed by atoms with Gasteiger partial charge < -0.3 is 15.8 Å². The van der Waals surface area contributed by atoms with Crippen molar-refractivity contribution in [3.8, 4) is 0 Å². The lowest BCUT2D eigenvalue weighted by atomic mass is 10.1. The molecule has 17 heavy (non-hydrogen) atoms. The highest BCUT2D eigenvalue weighted by Crippen LogP contribution is 2.25. The molecule has 0 aromatic carbocycles. The Morgan fingerprint density at radius 1 is 1.41 bits per heavy atom. The number of nitrogens with one attached hydrogen (secondary N) is 2. The van der Waals surface area contributed by atoms with E-state index in [1.165, 1.54) is 6.33 Å². The molecular formula is C10H18BrN5O. The van der Waals surface area contributed by atoms with Gasteiger partial charge in [0.15, 0.2) is 5.82 Å². The molecule has 0 aliphatic carbocycles. The number of nitrogen functional groups attached to an aromatic ring is 1. The predicted molar refractivity (Wildman–Crippen MR) is 71.5 cm³/mol. The summed E-state index contributed by atoms with van der Waals surface area (Å²) in [6.07, 6.45) is 1.75. The number of hydrazine groups is 1. The largest absolute Gasteiger partial charge is 0.391 e. The first-order chi connectivity index (χ1) is 8.04. The number of aromatic nitrogens is 2. The monoisotopic (exact) mass is 303 g/mol. The fourth-order valence-corrected chi connectivity index (χ4v) is 1.90. The summed E-state index contributed by atoms with van der Waals surface area (Å²) in [5, 5.41) is 12.8. The van der Waals surface area contributed by atoms with Gasteiger partial charge in [0, 0.05) is 6.54 Å². The number of aliphatic hydroxyl groups is 1. The van der Waals surface area contributed by atoms with Crippen molar-refractivity contribution < 1.29 is 5.11 Å². The van der Waals surface area contributed by atoms with Gasteiger partial charge in [-0.05, 0) is 28.3 Å². The quantitative estimate of drug-likeness (QED) is 0.468. The zero-order chi connectivity index (χ0) is 12.8. The van der Waals surface area contributed by atoms with Crippen LogP contribution in [0, 0.1) is 5.92 Å². The third kappa shape index (κ3) is 4.45. The second kappa shape index (κ2) is 6.73. The van der Waals surface area contributed by atoms with Crippen LogP contribution < -0.4 is 16.6 Å². The first-order valence-corrected chi connectivity index (χ1v) is 6.23. The average Bonchev–Trinajstić information content (AvgIpc) is 2.27. The van der Waals surface area contributed by atoms with Gasteiger partial charge in [-0.3, -0.25) is 0 Å². The van der Waals surface area contributed by atoms with E-state index < -0.39 is 6.10 Å². The van der Waals surface area contributed by atoms with Crippen molar-refractivity contribution >= 4 is 27.6 Å². The maximum Gasteiger partial charge on any atom is 0.159 e. The van der Waals surface area contributed by atoms with Crippen molar-refractivity contribution in [2.75, 3.05) is 17.3 Å². The van der Waals surface area contributed by atoms with Gasteiger partial charge in [0.1, 0.15) is 16.6 Å². The fourth-order valence-electron chi connectivity index (χ4n) is 1.44. The molecule has 7 heteroatoms. The second-order valence-electron chi connectivity index (χ2n) is 4.19. The van der Waals surface area contributed by atoms with Gasteiger partial charge in [0.05, 0.1) is 6.10 Å². The van der Waals surface area contributed by atoms with Gasteiger partial charge >= 0.3 is 0 Å². The average molecular weight is 304 g/mol. The number of nitrogens with zero attached hydrogens (tertiary/aromatic N) is 2. The minimum atomic E-state index is -0.397. The summed E-state index contributed by atoms with van der Waals surface area (Å²) in [6, 6.07) is 0. The van der Waals surface area contributed by atoms with Crippen molar-refractivity contribution in [1.82, 2.24) is 9.97 Å². The van der Waals surface area contributed by atoms with Gasteiger partial charge in [-0.1, -0.05) is 13.8 Å². The molecule has 1 atom stereocenters. The molecule has 1 aromatic rings. The highest BCUT2D eigenvalue weighted by atomic mass is 79.9. The van der Waals surface area contributed by atoms with Crippen LogP contribution in [0.15, 0.2) is 10.8 Å². The standard InChI is InChI=1S/C10H18BrN5O/c1-6(2)3-7(17)4-13-9-8(11)10(16-12)15-5-14-9/h5-7,17H,3-4,12H2,1-2H3,(H2,13,14,15,16). The summed E-state index contributed by atoms with van der Waals surface area (Å²) in [7, 11) is 0. The molecule has 0 amide bonds. The highest BCUT2D eigenvalue weighted by Gasteiger charge is 2.10. The van der Waals surface area contributed by atoms with Crippen LogP contribution in [0.2, 0.25) is 0 Å². The van der Waals surface area contributed by atoms with Crippen molar-refractivity contribution in [3.05, 3.63) is 10.8 Å². The topological polar surface area (TPSA) is 96.1 Å². The Morgan fingerprint density at radius 3 is 2.65 bits per heavy atom. The smallest absolute Gasteiger partial charge is 0.159 e. The molecule has 0 aliphatic heterocycles. The SMILES string of the molecule is CC(C)CC(O)CNc1ncnc(NN)c1Br. The molecule has 1 aromatic heterocycles. The van der Waals surface area contributed by atoms with Gasteiger partial charge in [-0.15, -0.1) is 0 Å². The summed E-state index contributed by atoms with van der Waals surface area (Å²) in [6.45, 7) is 4.58. The lowest BCUT2D eigenvalue weighted by Gasteiger charge is -2.15. The summed E-state index contributed by atoms with van der Waals surface area (Å²) in [5.41, 5.74) is 2.46. The zero-order valence-electron chi connectivity index (χ0n) is 9.94. The molecule has 6 nitrogen and oxygen atoms in total. The summed E-state index contributed by atoms with van der Waals surface area (Å²) in [5.74, 6) is 6.86. The van der Waals surface area contributed by atoms with E-state index in [-0.39, 0.29) is 0 Å². The summed E-state index contributed by atoms with van der Waals surface area (Å²) < 4.78 is 0.652. The number of nitrogens with two attached hydrogens (primary N) is 1. The van der Waals surface area contributed by atoms with E-state index in [1.54, 1.807) is 0 Å². The Balaban J connectivity index is 2.57. The van der Waals surface area contributed by atoms with Crippen LogP contribution in [-0.2, 0) is 0 Å². The van der Waals surface area contributed by atoms with Crippen molar-refractivity contribution in [2.45, 2.75) is 26.4 Å². The van der Waals surface area contributed by atoms with E-state index in [0.29, 0.717) is 28.6 Å². The molecule has 1 rings (SSSR count). The van der Waals surface area contributed by atoms with Crippen LogP contribution >= 0.6 is 15.9 Å². The Bertz CT molecular complexity index is 361. The molecular weight excluding hydrogens is 286 g/mol. The van der Waals surface area contributed by atoms with Crippen LogP contribution in [0.1, 0.15) is 20.3 Å². The maximum absolute atomic E-state index is 9.74. The molecule has 0 fully saturated rings. The number of anilines is 2. The van der Waals surface area contributed by atoms with E-state index in [9.17, 15) is 5.11 Å². The van der Waals surface area contributed by atoms with E-state index in [0.717, 1.165) is 6.42 Å². The number of aliphatic hydroxyl groups excluding tert-OH is 1. The number of halogens is 1. The van der Waals surface area contributed by atoms with E-state index in [4.69, 9.17) is 5.84 Å². The third-order valence-electron chi connectivity index (χ3n) is 2.17. The van der Waals surface area contributed by atoms with Gasteiger partial charge in [0.25, 0.3) is 0 Å². The normalized spacial score (nSPS) is 12.6. The summed E-state index contributed by atoms with van der Waals surface area (Å²) in [4.78, 5) is 8.00. The Labute approximate surface area is 109 Å². The van der Waals surface area contributed by atoms with Crippen LogP contribution in [0.3, 0.4) is 0 Å². The molecule has 0 saturated carbocycles. The lowest BCUT2D eigenvalue weighted by molar-refractivity contribution is 0.161. The maximum atomic E-state index is 9.74. The first kappa shape index (κ1) is 14.1. The van der Waals surface area contributed by atoms with E-state index in [2.05, 4.69) is 50.5 Å². The van der Waals surface area contributed by atoms with Crippen molar-refractivity contribution in [2.24, 2.45) is 11.8 Å².